The molecule has 3 N–H and O–H groups in total. The number of piperazine rings is 1. The van der Waals surface area contributed by atoms with Crippen LogP contribution in [0.4, 0.5) is 13.8 Å². The van der Waals surface area contributed by atoms with Gasteiger partial charge in [-0.05, 0) is 17.7 Å². The van der Waals surface area contributed by atoms with Gasteiger partial charge in [-0.3, -0.25) is 4.79 Å². The predicted molar refractivity (Wildman–Crippen MR) is 115 cm³/mol. The number of nitrogens with two attached hydrogens (primary N) is 1. The van der Waals surface area contributed by atoms with Gasteiger partial charge in [-0.15, -0.1) is 11.3 Å². The average Bonchev–Trinajstić information content (AvgIpc) is 3.03. The number of hydrogen-bond donors (Lipinski definition) is 2. The highest BCUT2D eigenvalue weighted by molar-refractivity contribution is 7.23. The van der Waals surface area contributed by atoms with E-state index >= 15 is 4.39 Å². The molecule has 0 spiro atoms. The van der Waals surface area contributed by atoms with Gasteiger partial charge in [0.2, 0.25) is 0 Å². The number of halogens is 3. The van der Waals surface area contributed by atoms with E-state index in [4.69, 9.17) is 22.1 Å². The molecule has 2 aliphatic rings. The fourth-order valence-electron chi connectivity index (χ4n) is 4.17. The van der Waals surface area contributed by atoms with Crippen molar-refractivity contribution in [2.24, 2.45) is 0 Å². The summed E-state index contributed by atoms with van der Waals surface area (Å²) in [5.74, 6) is -1.61. The standard InChI is InChI=1S/C21H15ClF2N4O2S/c22-17-16(10-1-2-13(23)19-15(10)12(6-25)20(26)31-19)14(24)5-11-18(17)30-8-9-7-27-3-4-28(9)21(11)29/h1-2,5,9,27H,3-4,7-8,26H2. The molecule has 0 radical (unpaired) electrons. The molecule has 1 unspecified atom stereocenters. The number of anilines is 1. The van der Waals surface area contributed by atoms with E-state index in [1.165, 1.54) is 12.1 Å². The number of benzene rings is 2. The summed E-state index contributed by atoms with van der Waals surface area (Å²) in [4.78, 5) is 14.7. The minimum atomic E-state index is -0.768. The molecule has 5 rings (SSSR count). The van der Waals surface area contributed by atoms with Crippen molar-refractivity contribution in [2.45, 2.75) is 6.04 Å². The predicted octanol–water partition coefficient (Wildman–Crippen LogP) is 3.76. The fraction of sp³-hybridized carbons (Fsp3) is 0.238. The van der Waals surface area contributed by atoms with Crippen molar-refractivity contribution in [1.82, 2.24) is 10.2 Å². The number of hydrogen-bond acceptors (Lipinski definition) is 6. The number of carbonyl (C=O) groups excluding carboxylic acids is 1. The quantitative estimate of drug-likeness (QED) is 0.577. The third kappa shape index (κ3) is 2.94. The second kappa shape index (κ2) is 7.34. The van der Waals surface area contributed by atoms with E-state index in [-0.39, 0.29) is 66.7 Å². The molecule has 3 heterocycles. The first-order valence-electron chi connectivity index (χ1n) is 9.49. The summed E-state index contributed by atoms with van der Waals surface area (Å²) in [5.41, 5.74) is 6.14. The molecule has 1 amide bonds. The second-order valence-corrected chi connectivity index (χ2v) is 8.77. The van der Waals surface area contributed by atoms with Crippen LogP contribution in [0.15, 0.2) is 18.2 Å². The molecule has 0 aliphatic carbocycles. The van der Waals surface area contributed by atoms with E-state index in [1.54, 1.807) is 4.90 Å². The molecule has 6 nitrogen and oxygen atoms in total. The third-order valence-corrected chi connectivity index (χ3v) is 7.02. The SMILES string of the molecule is N#Cc1c(N)sc2c(F)ccc(-c3c(F)cc4c(c3Cl)OCC3CNCCN3C4=O)c12. The molecule has 31 heavy (non-hydrogen) atoms. The first-order chi connectivity index (χ1) is 14.9. The van der Waals surface area contributed by atoms with Gasteiger partial charge in [0.15, 0.2) is 5.75 Å². The molecule has 0 saturated carbocycles. The van der Waals surface area contributed by atoms with Gasteiger partial charge in [-0.25, -0.2) is 8.78 Å². The lowest BCUT2D eigenvalue weighted by atomic mass is 9.96. The molecule has 0 bridgehead atoms. The van der Waals surface area contributed by atoms with Gasteiger partial charge in [-0.1, -0.05) is 17.7 Å². The highest BCUT2D eigenvalue weighted by Crippen LogP contribution is 2.47. The van der Waals surface area contributed by atoms with Crippen LogP contribution in [0.25, 0.3) is 21.2 Å². The van der Waals surface area contributed by atoms with Gasteiger partial charge in [0.05, 0.1) is 26.9 Å². The van der Waals surface area contributed by atoms with Crippen LogP contribution in [0.2, 0.25) is 5.02 Å². The van der Waals surface area contributed by atoms with Crippen LogP contribution < -0.4 is 15.8 Å². The van der Waals surface area contributed by atoms with E-state index < -0.39 is 11.6 Å². The number of nitrogen functional groups attached to an aromatic ring is 1. The number of nitriles is 1. The molecule has 10 heteroatoms. The maximum atomic E-state index is 15.4. The minimum absolute atomic E-state index is 0.0411. The van der Waals surface area contributed by atoms with Crippen LogP contribution in [0.3, 0.4) is 0 Å². The summed E-state index contributed by atoms with van der Waals surface area (Å²) in [6.45, 7) is 1.87. The molecular weight excluding hydrogens is 446 g/mol. The zero-order valence-electron chi connectivity index (χ0n) is 16.0. The summed E-state index contributed by atoms with van der Waals surface area (Å²) < 4.78 is 35.8. The molecular formula is C21H15ClF2N4O2S. The normalized spacial score (nSPS) is 18.2. The number of amides is 1. The van der Waals surface area contributed by atoms with Gasteiger partial charge in [0, 0.05) is 30.6 Å². The summed E-state index contributed by atoms with van der Waals surface area (Å²) in [7, 11) is 0. The van der Waals surface area contributed by atoms with Crippen molar-refractivity contribution in [3.8, 4) is 22.9 Å². The Morgan fingerprint density at radius 3 is 2.90 bits per heavy atom. The van der Waals surface area contributed by atoms with E-state index in [1.807, 2.05) is 6.07 Å². The Balaban J connectivity index is 1.76. The van der Waals surface area contributed by atoms with Crippen molar-refractivity contribution in [3.63, 3.8) is 0 Å². The number of rotatable bonds is 1. The van der Waals surface area contributed by atoms with E-state index in [2.05, 4.69) is 5.32 Å². The number of carbonyl (C=O) groups is 1. The Hall–Kier alpha value is -2.93. The van der Waals surface area contributed by atoms with Crippen LogP contribution in [0.5, 0.6) is 5.75 Å². The molecule has 1 atom stereocenters. The van der Waals surface area contributed by atoms with E-state index in [0.29, 0.717) is 19.6 Å². The van der Waals surface area contributed by atoms with Gasteiger partial charge >= 0.3 is 0 Å². The summed E-state index contributed by atoms with van der Waals surface area (Å²) in [6.07, 6.45) is 0. The van der Waals surface area contributed by atoms with Crippen molar-refractivity contribution in [3.05, 3.63) is 46.0 Å². The van der Waals surface area contributed by atoms with Crippen molar-refractivity contribution in [1.29, 1.82) is 5.26 Å². The average molecular weight is 461 g/mol. The van der Waals surface area contributed by atoms with Crippen molar-refractivity contribution >= 4 is 43.9 Å². The molecule has 158 valence electrons. The van der Waals surface area contributed by atoms with Crippen LogP contribution in [0, 0.1) is 23.0 Å². The molecule has 1 aromatic heterocycles. The van der Waals surface area contributed by atoms with Crippen molar-refractivity contribution < 1.29 is 18.3 Å². The topological polar surface area (TPSA) is 91.4 Å². The Kier molecular flexibility index (Phi) is 4.73. The third-order valence-electron chi connectivity index (χ3n) is 5.63. The maximum Gasteiger partial charge on any atom is 0.258 e. The van der Waals surface area contributed by atoms with Gasteiger partial charge in [0.25, 0.3) is 5.91 Å². The lowest BCUT2D eigenvalue weighted by molar-refractivity contribution is 0.0606. The van der Waals surface area contributed by atoms with Crippen LogP contribution in [-0.4, -0.2) is 43.1 Å². The first-order valence-corrected chi connectivity index (χ1v) is 10.7. The fourth-order valence-corrected chi connectivity index (χ4v) is 5.47. The molecule has 2 aliphatic heterocycles. The van der Waals surface area contributed by atoms with Gasteiger partial charge < -0.3 is 20.7 Å². The number of fused-ring (bicyclic) bond motifs is 3. The zero-order valence-corrected chi connectivity index (χ0v) is 17.5. The minimum Gasteiger partial charge on any atom is -0.489 e. The molecule has 2 aromatic carbocycles. The molecule has 1 fully saturated rings. The van der Waals surface area contributed by atoms with Gasteiger partial charge in [0.1, 0.15) is 29.3 Å². The molecule has 1 saturated heterocycles. The Bertz CT molecular complexity index is 1300. The lowest BCUT2D eigenvalue weighted by Crippen LogP contribution is -2.54. The first kappa shape index (κ1) is 20.0. The zero-order chi connectivity index (χ0) is 21.9. The van der Waals surface area contributed by atoms with Crippen molar-refractivity contribution in [2.75, 3.05) is 32.0 Å². The van der Waals surface area contributed by atoms with Crippen LogP contribution in [-0.2, 0) is 0 Å². The van der Waals surface area contributed by atoms with Crippen LogP contribution in [0.1, 0.15) is 15.9 Å². The largest absolute Gasteiger partial charge is 0.489 e. The van der Waals surface area contributed by atoms with Crippen LogP contribution >= 0.6 is 22.9 Å². The maximum absolute atomic E-state index is 15.4. The monoisotopic (exact) mass is 460 g/mol. The number of nitrogens with zero attached hydrogens (tertiary/aromatic N) is 2. The second-order valence-electron chi connectivity index (χ2n) is 7.34. The highest BCUT2D eigenvalue weighted by Gasteiger charge is 2.35. The summed E-state index contributed by atoms with van der Waals surface area (Å²) in [6, 6.07) is 5.39. The number of ether oxygens (including phenoxy) is 1. The number of nitrogens with one attached hydrogen (secondary N) is 1. The van der Waals surface area contributed by atoms with E-state index in [9.17, 15) is 14.4 Å². The molecule has 3 aromatic rings. The Morgan fingerprint density at radius 1 is 1.32 bits per heavy atom. The lowest BCUT2D eigenvalue weighted by Gasteiger charge is -2.33. The highest BCUT2D eigenvalue weighted by atomic mass is 35.5. The Morgan fingerprint density at radius 2 is 2.13 bits per heavy atom. The van der Waals surface area contributed by atoms with E-state index in [0.717, 1.165) is 17.4 Å². The number of thiophene rings is 1. The Labute approximate surface area is 184 Å². The van der Waals surface area contributed by atoms with Gasteiger partial charge in [-0.2, -0.15) is 5.26 Å². The summed E-state index contributed by atoms with van der Waals surface area (Å²) >= 11 is 7.50. The summed E-state index contributed by atoms with van der Waals surface area (Å²) in [5, 5.41) is 13.0. The smallest absolute Gasteiger partial charge is 0.258 e.